The number of carbonyl (C=O) groups is 3. The van der Waals surface area contributed by atoms with E-state index in [9.17, 15) is 19.5 Å². The standard InChI is InChI=1S/C54H104N2O6/c1-6-10-14-18-21-29-38-48(36-27-16-12-8-3)53(59)61-44-33-25-20-23-31-40-52(58)51-46-50(55(5)41-35-43-57)47-56(51)42-32-24-26-34-45-62-54(60)49(37-28-17-13-9-4)39-30-22-19-15-11-7-2/h48-51,57H,6-47H2,1-5H3. The molecular formula is C54H104N2O6. The number of esters is 2. The van der Waals surface area contributed by atoms with E-state index in [4.69, 9.17) is 9.47 Å². The summed E-state index contributed by atoms with van der Waals surface area (Å²) >= 11 is 0. The van der Waals surface area contributed by atoms with Crippen molar-refractivity contribution in [2.75, 3.05) is 46.5 Å². The van der Waals surface area contributed by atoms with Crippen LogP contribution in [-0.2, 0) is 23.9 Å². The molecule has 4 unspecified atom stereocenters. The number of nitrogens with zero attached hydrogens (tertiary/aromatic N) is 2. The molecule has 8 nitrogen and oxygen atoms in total. The summed E-state index contributed by atoms with van der Waals surface area (Å²) in [6, 6.07) is 0.315. The topological polar surface area (TPSA) is 96.4 Å². The van der Waals surface area contributed by atoms with Crippen LogP contribution in [0.4, 0.5) is 0 Å². The molecule has 1 aliphatic rings. The summed E-state index contributed by atoms with van der Waals surface area (Å²) < 4.78 is 11.7. The Kier molecular flexibility index (Phi) is 39.8. The van der Waals surface area contributed by atoms with Gasteiger partial charge >= 0.3 is 11.9 Å². The number of Topliss-reactive ketones (excluding diaryl/α,β-unsaturated/α-hetero) is 1. The molecule has 0 aromatic heterocycles. The lowest BCUT2D eigenvalue weighted by Crippen LogP contribution is -2.37. The molecule has 4 atom stereocenters. The fraction of sp³-hybridized carbons (Fsp3) is 0.944. The fourth-order valence-electron chi connectivity index (χ4n) is 9.47. The van der Waals surface area contributed by atoms with E-state index in [0.29, 0.717) is 31.5 Å². The molecule has 8 heteroatoms. The molecule has 62 heavy (non-hydrogen) atoms. The third kappa shape index (κ3) is 30.6. The lowest BCUT2D eigenvalue weighted by Gasteiger charge is -2.24. The first-order valence-corrected chi connectivity index (χ1v) is 27.2. The van der Waals surface area contributed by atoms with Crippen LogP contribution in [0.1, 0.15) is 259 Å². The van der Waals surface area contributed by atoms with Crippen molar-refractivity contribution in [2.45, 2.75) is 271 Å². The molecule has 1 rings (SSSR count). The molecule has 0 radical (unpaired) electrons. The molecule has 0 amide bonds. The minimum Gasteiger partial charge on any atom is -0.465 e. The number of aliphatic hydroxyl groups is 1. The van der Waals surface area contributed by atoms with Crippen molar-refractivity contribution in [3.05, 3.63) is 0 Å². The lowest BCUT2D eigenvalue weighted by molar-refractivity contribution is -0.150. The normalized spacial score (nSPS) is 16.6. The highest BCUT2D eigenvalue weighted by Gasteiger charge is 2.37. The molecule has 1 heterocycles. The second kappa shape index (κ2) is 42.1. The van der Waals surface area contributed by atoms with E-state index >= 15 is 0 Å². The Morgan fingerprint density at radius 1 is 0.532 bits per heavy atom. The third-order valence-electron chi connectivity index (χ3n) is 13.7. The SMILES string of the molecule is CCCCCCCCC(CCCCCC)C(=O)OCCCCCCCC(=O)C1CC(N(C)CCCO)CN1CCCCCCOC(=O)C(CCCCCC)CCCCCCCC. The monoisotopic (exact) mass is 877 g/mol. The number of unbranched alkanes of at least 4 members (excludes halogenated alkanes) is 23. The van der Waals surface area contributed by atoms with Gasteiger partial charge in [0.1, 0.15) is 5.78 Å². The van der Waals surface area contributed by atoms with E-state index < -0.39 is 0 Å². The lowest BCUT2D eigenvalue weighted by atomic mass is 9.94. The van der Waals surface area contributed by atoms with Gasteiger partial charge in [0.15, 0.2) is 0 Å². The zero-order chi connectivity index (χ0) is 45.3. The molecule has 0 aromatic carbocycles. The van der Waals surface area contributed by atoms with Gasteiger partial charge in [0.2, 0.25) is 0 Å². The number of aliphatic hydroxyl groups excluding tert-OH is 1. The van der Waals surface area contributed by atoms with Gasteiger partial charge in [-0.2, -0.15) is 0 Å². The van der Waals surface area contributed by atoms with Crippen molar-refractivity contribution in [3.8, 4) is 0 Å². The van der Waals surface area contributed by atoms with Gasteiger partial charge in [-0.1, -0.05) is 188 Å². The molecule has 0 saturated carbocycles. The summed E-state index contributed by atoms with van der Waals surface area (Å²) in [4.78, 5) is 44.6. The van der Waals surface area contributed by atoms with E-state index in [-0.39, 0.29) is 36.4 Å². The van der Waals surface area contributed by atoms with Crippen molar-refractivity contribution < 1.29 is 29.0 Å². The summed E-state index contributed by atoms with van der Waals surface area (Å²) in [6.45, 7) is 12.9. The Bertz CT molecular complexity index is 1040. The van der Waals surface area contributed by atoms with Crippen molar-refractivity contribution in [2.24, 2.45) is 11.8 Å². The second-order valence-electron chi connectivity index (χ2n) is 19.4. The minimum absolute atomic E-state index is 0.0240. The van der Waals surface area contributed by atoms with Crippen molar-refractivity contribution >= 4 is 17.7 Å². The van der Waals surface area contributed by atoms with Crippen LogP contribution in [0.2, 0.25) is 0 Å². The van der Waals surface area contributed by atoms with Gasteiger partial charge in [-0.05, 0) is 77.8 Å². The van der Waals surface area contributed by atoms with Gasteiger partial charge in [-0.15, -0.1) is 0 Å². The van der Waals surface area contributed by atoms with E-state index in [1.807, 2.05) is 0 Å². The van der Waals surface area contributed by atoms with Crippen molar-refractivity contribution in [1.82, 2.24) is 9.80 Å². The maximum atomic E-state index is 13.7. The Balaban J connectivity index is 2.45. The Morgan fingerprint density at radius 3 is 1.37 bits per heavy atom. The highest BCUT2D eigenvalue weighted by molar-refractivity contribution is 5.84. The first kappa shape index (κ1) is 58.5. The number of hydrogen-bond donors (Lipinski definition) is 1. The number of rotatable bonds is 46. The first-order chi connectivity index (χ1) is 30.3. The molecule has 1 aliphatic heterocycles. The zero-order valence-corrected chi connectivity index (χ0v) is 41.9. The molecule has 0 aromatic rings. The number of hydrogen-bond acceptors (Lipinski definition) is 8. The summed E-state index contributed by atoms with van der Waals surface area (Å²) in [5.41, 5.74) is 0. The number of ketones is 1. The highest BCUT2D eigenvalue weighted by atomic mass is 16.5. The molecule has 0 aliphatic carbocycles. The predicted molar refractivity (Wildman–Crippen MR) is 262 cm³/mol. The molecular weight excluding hydrogens is 773 g/mol. The van der Waals surface area contributed by atoms with Crippen LogP contribution in [0.5, 0.6) is 0 Å². The average molecular weight is 877 g/mol. The number of likely N-dealkylation sites (N-methyl/N-ethyl adjacent to an activating group) is 1. The molecule has 1 N–H and O–H groups in total. The smallest absolute Gasteiger partial charge is 0.308 e. The van der Waals surface area contributed by atoms with E-state index in [0.717, 1.165) is 142 Å². The van der Waals surface area contributed by atoms with E-state index in [2.05, 4.69) is 44.5 Å². The van der Waals surface area contributed by atoms with Crippen LogP contribution < -0.4 is 0 Å². The molecule has 366 valence electrons. The van der Waals surface area contributed by atoms with Gasteiger partial charge in [0.25, 0.3) is 0 Å². The van der Waals surface area contributed by atoms with E-state index in [1.165, 1.54) is 103 Å². The Labute approximate surface area is 384 Å². The summed E-state index contributed by atoms with van der Waals surface area (Å²) in [5.74, 6) is 0.556. The van der Waals surface area contributed by atoms with Gasteiger partial charge in [0.05, 0.1) is 31.1 Å². The minimum atomic E-state index is -0.0240. The number of ether oxygens (including phenoxy) is 2. The van der Waals surface area contributed by atoms with Crippen LogP contribution >= 0.6 is 0 Å². The van der Waals surface area contributed by atoms with E-state index in [1.54, 1.807) is 0 Å². The predicted octanol–water partition coefficient (Wildman–Crippen LogP) is 14.0. The zero-order valence-electron chi connectivity index (χ0n) is 41.9. The summed E-state index contributed by atoms with van der Waals surface area (Å²) in [7, 11) is 2.14. The maximum absolute atomic E-state index is 13.7. The molecule has 1 fully saturated rings. The van der Waals surface area contributed by atoms with Crippen LogP contribution in [0.3, 0.4) is 0 Å². The second-order valence-corrected chi connectivity index (χ2v) is 19.4. The van der Waals surface area contributed by atoms with Crippen LogP contribution in [0.25, 0.3) is 0 Å². The van der Waals surface area contributed by atoms with Gasteiger partial charge < -0.3 is 19.5 Å². The van der Waals surface area contributed by atoms with Crippen LogP contribution in [0.15, 0.2) is 0 Å². The third-order valence-corrected chi connectivity index (χ3v) is 13.7. The molecule has 0 spiro atoms. The Morgan fingerprint density at radius 2 is 0.919 bits per heavy atom. The quantitative estimate of drug-likeness (QED) is 0.0477. The fourth-order valence-corrected chi connectivity index (χ4v) is 9.47. The van der Waals surface area contributed by atoms with Gasteiger partial charge in [-0.25, -0.2) is 0 Å². The molecule has 1 saturated heterocycles. The van der Waals surface area contributed by atoms with Gasteiger partial charge in [-0.3, -0.25) is 19.3 Å². The first-order valence-electron chi connectivity index (χ1n) is 27.2. The van der Waals surface area contributed by atoms with Crippen LogP contribution in [0, 0.1) is 11.8 Å². The summed E-state index contributed by atoms with van der Waals surface area (Å²) in [6.07, 6.45) is 39.8. The van der Waals surface area contributed by atoms with Crippen molar-refractivity contribution in [1.29, 1.82) is 0 Å². The Hall–Kier alpha value is -1.51. The summed E-state index contributed by atoms with van der Waals surface area (Å²) in [5, 5.41) is 9.43. The highest BCUT2D eigenvalue weighted by Crippen LogP contribution is 2.26. The number of carbonyl (C=O) groups excluding carboxylic acids is 3. The number of likely N-dealkylation sites (tertiary alicyclic amines) is 1. The largest absolute Gasteiger partial charge is 0.465 e. The average Bonchev–Trinajstić information content (AvgIpc) is 3.71. The molecule has 0 bridgehead atoms. The maximum Gasteiger partial charge on any atom is 0.308 e. The van der Waals surface area contributed by atoms with Gasteiger partial charge in [0, 0.05) is 32.2 Å². The van der Waals surface area contributed by atoms with Crippen molar-refractivity contribution in [3.63, 3.8) is 0 Å². The van der Waals surface area contributed by atoms with Crippen LogP contribution in [-0.4, -0.2) is 91.2 Å².